The fourth-order valence-corrected chi connectivity index (χ4v) is 3.47. The number of rotatable bonds is 2. The van der Waals surface area contributed by atoms with E-state index >= 15 is 0 Å². The van der Waals surface area contributed by atoms with Gasteiger partial charge in [-0.05, 0) is 30.4 Å². The van der Waals surface area contributed by atoms with Crippen LogP contribution in [-0.4, -0.2) is 33.7 Å². The monoisotopic (exact) mass is 405 g/mol. The van der Waals surface area contributed by atoms with Crippen LogP contribution in [0, 0.1) is 0 Å². The standard InChI is InChI=1S/C18H17F6N3O/c1-26-14(10-15(25-26)18(22,23)24)16(28)27-8-6-11(7-9-27)12-4-2-3-5-13(12)17(19,20)21/h2-5,10-11H,6-9H2,1H3. The van der Waals surface area contributed by atoms with Gasteiger partial charge in [-0.2, -0.15) is 31.4 Å². The summed E-state index contributed by atoms with van der Waals surface area (Å²) in [4.78, 5) is 13.9. The van der Waals surface area contributed by atoms with Gasteiger partial charge >= 0.3 is 12.4 Å². The molecule has 3 rings (SSSR count). The molecule has 1 fully saturated rings. The second-order valence-electron chi connectivity index (χ2n) is 6.69. The van der Waals surface area contributed by atoms with Crippen LogP contribution in [-0.2, 0) is 19.4 Å². The number of alkyl halides is 6. The number of benzene rings is 1. The number of amides is 1. The molecular formula is C18H17F6N3O. The van der Waals surface area contributed by atoms with Crippen molar-refractivity contribution in [1.82, 2.24) is 14.7 Å². The molecule has 1 aliphatic heterocycles. The number of aryl methyl sites for hydroxylation is 1. The first-order chi connectivity index (χ1) is 13.0. The van der Waals surface area contributed by atoms with E-state index in [9.17, 15) is 31.1 Å². The first kappa shape index (κ1) is 20.2. The van der Waals surface area contributed by atoms with E-state index in [0.29, 0.717) is 18.9 Å². The summed E-state index contributed by atoms with van der Waals surface area (Å²) in [5.74, 6) is -0.993. The average molecular weight is 405 g/mol. The molecule has 0 spiro atoms. The number of hydrogen-bond acceptors (Lipinski definition) is 2. The first-order valence-corrected chi connectivity index (χ1v) is 8.55. The lowest BCUT2D eigenvalue weighted by Gasteiger charge is -2.33. The molecular weight excluding hydrogens is 388 g/mol. The third kappa shape index (κ3) is 4.00. The number of hydrogen-bond donors (Lipinski definition) is 0. The van der Waals surface area contributed by atoms with Gasteiger partial charge in [0.15, 0.2) is 5.69 Å². The Balaban J connectivity index is 1.73. The number of likely N-dealkylation sites (tertiary alicyclic amines) is 1. The maximum Gasteiger partial charge on any atom is 0.435 e. The molecule has 1 aliphatic rings. The molecule has 0 N–H and O–H groups in total. The Morgan fingerprint density at radius 1 is 1.04 bits per heavy atom. The van der Waals surface area contributed by atoms with E-state index < -0.39 is 29.5 Å². The van der Waals surface area contributed by atoms with Crippen molar-refractivity contribution in [1.29, 1.82) is 0 Å². The lowest BCUT2D eigenvalue weighted by molar-refractivity contribution is -0.141. The summed E-state index contributed by atoms with van der Waals surface area (Å²) in [6.07, 6.45) is -8.54. The van der Waals surface area contributed by atoms with Gasteiger partial charge in [0.1, 0.15) is 5.69 Å². The van der Waals surface area contributed by atoms with Gasteiger partial charge in [-0.15, -0.1) is 0 Å². The minimum Gasteiger partial charge on any atom is -0.337 e. The quantitative estimate of drug-likeness (QED) is 0.692. The first-order valence-electron chi connectivity index (χ1n) is 8.55. The topological polar surface area (TPSA) is 38.1 Å². The number of nitrogens with zero attached hydrogens (tertiary/aromatic N) is 3. The van der Waals surface area contributed by atoms with E-state index in [1.54, 1.807) is 0 Å². The number of piperidine rings is 1. The summed E-state index contributed by atoms with van der Waals surface area (Å²) in [6, 6.07) is 6.01. The molecule has 28 heavy (non-hydrogen) atoms. The summed E-state index contributed by atoms with van der Waals surface area (Å²) in [7, 11) is 1.24. The Labute approximate surface area is 156 Å². The predicted molar refractivity (Wildman–Crippen MR) is 87.5 cm³/mol. The van der Waals surface area contributed by atoms with Gasteiger partial charge in [0.05, 0.1) is 5.56 Å². The Morgan fingerprint density at radius 3 is 2.18 bits per heavy atom. The van der Waals surface area contributed by atoms with Crippen LogP contribution in [0.2, 0.25) is 0 Å². The average Bonchev–Trinajstić information content (AvgIpc) is 3.03. The van der Waals surface area contributed by atoms with E-state index in [1.807, 2.05) is 0 Å². The van der Waals surface area contributed by atoms with E-state index in [1.165, 1.54) is 30.1 Å². The lowest BCUT2D eigenvalue weighted by Crippen LogP contribution is -2.39. The van der Waals surface area contributed by atoms with Crippen molar-refractivity contribution in [2.45, 2.75) is 31.1 Å². The number of carbonyl (C=O) groups is 1. The third-order valence-electron chi connectivity index (χ3n) is 4.88. The zero-order chi connectivity index (χ0) is 20.7. The molecule has 10 heteroatoms. The highest BCUT2D eigenvalue weighted by molar-refractivity contribution is 5.92. The molecule has 0 saturated carbocycles. The van der Waals surface area contributed by atoms with Gasteiger partial charge in [0, 0.05) is 26.2 Å². The van der Waals surface area contributed by atoms with Crippen molar-refractivity contribution >= 4 is 5.91 Å². The maximum atomic E-state index is 13.2. The molecule has 0 bridgehead atoms. The highest BCUT2D eigenvalue weighted by Gasteiger charge is 2.38. The Hall–Kier alpha value is -2.52. The van der Waals surface area contributed by atoms with E-state index in [4.69, 9.17) is 0 Å². The van der Waals surface area contributed by atoms with E-state index in [-0.39, 0.29) is 30.3 Å². The van der Waals surface area contributed by atoms with Crippen LogP contribution in [0.4, 0.5) is 26.3 Å². The summed E-state index contributed by atoms with van der Waals surface area (Å²) >= 11 is 0. The van der Waals surface area contributed by atoms with Gasteiger partial charge in [-0.3, -0.25) is 9.48 Å². The van der Waals surface area contributed by atoms with Gasteiger partial charge in [-0.1, -0.05) is 18.2 Å². The zero-order valence-electron chi connectivity index (χ0n) is 14.8. The molecule has 2 heterocycles. The van der Waals surface area contributed by atoms with Crippen molar-refractivity contribution in [2.24, 2.45) is 7.05 Å². The fourth-order valence-electron chi connectivity index (χ4n) is 3.47. The van der Waals surface area contributed by atoms with Crippen LogP contribution < -0.4 is 0 Å². The largest absolute Gasteiger partial charge is 0.435 e. The normalized spacial score (nSPS) is 16.5. The van der Waals surface area contributed by atoms with Gasteiger partial charge in [-0.25, -0.2) is 0 Å². The van der Waals surface area contributed by atoms with Crippen molar-refractivity contribution in [2.75, 3.05) is 13.1 Å². The Morgan fingerprint density at radius 2 is 1.64 bits per heavy atom. The van der Waals surface area contributed by atoms with Crippen molar-refractivity contribution in [3.63, 3.8) is 0 Å². The number of halogens is 6. The lowest BCUT2D eigenvalue weighted by atomic mass is 9.86. The molecule has 152 valence electrons. The Kier molecular flexibility index (Phi) is 5.16. The second kappa shape index (κ2) is 7.14. The summed E-state index contributed by atoms with van der Waals surface area (Å²) in [5.41, 5.74) is -1.88. The van der Waals surface area contributed by atoms with Crippen LogP contribution in [0.3, 0.4) is 0 Å². The molecule has 1 aromatic heterocycles. The number of aromatic nitrogens is 2. The predicted octanol–water partition coefficient (Wildman–Crippen LogP) is 4.48. The van der Waals surface area contributed by atoms with Crippen molar-refractivity contribution in [3.8, 4) is 0 Å². The minimum absolute atomic E-state index is 0.155. The number of carbonyl (C=O) groups excluding carboxylic acids is 1. The zero-order valence-corrected chi connectivity index (χ0v) is 14.8. The third-order valence-corrected chi connectivity index (χ3v) is 4.88. The van der Waals surface area contributed by atoms with Gasteiger partial charge in [0.25, 0.3) is 5.91 Å². The minimum atomic E-state index is -4.66. The van der Waals surface area contributed by atoms with Crippen molar-refractivity contribution < 1.29 is 31.1 Å². The maximum absolute atomic E-state index is 13.2. The van der Waals surface area contributed by atoms with Gasteiger partial charge in [0.2, 0.25) is 0 Å². The van der Waals surface area contributed by atoms with Crippen LogP contribution in [0.25, 0.3) is 0 Å². The molecule has 0 unspecified atom stereocenters. The van der Waals surface area contributed by atoms with Gasteiger partial charge < -0.3 is 4.90 Å². The SMILES string of the molecule is Cn1nc(C(F)(F)F)cc1C(=O)N1CCC(c2ccccc2C(F)(F)F)CC1. The smallest absolute Gasteiger partial charge is 0.337 e. The summed E-state index contributed by atoms with van der Waals surface area (Å²) in [6.45, 7) is 0.310. The fraction of sp³-hybridized carbons (Fsp3) is 0.444. The highest BCUT2D eigenvalue weighted by Crippen LogP contribution is 2.39. The molecule has 1 saturated heterocycles. The molecule has 2 aromatic rings. The Bertz CT molecular complexity index is 863. The van der Waals surface area contributed by atoms with Crippen molar-refractivity contribution in [3.05, 3.63) is 52.8 Å². The highest BCUT2D eigenvalue weighted by atomic mass is 19.4. The van der Waals surface area contributed by atoms with Crippen LogP contribution in [0.15, 0.2) is 30.3 Å². The molecule has 0 atom stereocenters. The van der Waals surface area contributed by atoms with Crippen LogP contribution >= 0.6 is 0 Å². The molecule has 4 nitrogen and oxygen atoms in total. The van der Waals surface area contributed by atoms with Crippen LogP contribution in [0.1, 0.15) is 46.1 Å². The summed E-state index contributed by atoms with van der Waals surface area (Å²) < 4.78 is 78.8. The molecule has 0 radical (unpaired) electrons. The summed E-state index contributed by atoms with van der Waals surface area (Å²) in [5, 5.41) is 3.32. The molecule has 1 amide bonds. The van der Waals surface area contributed by atoms with Crippen LogP contribution in [0.5, 0.6) is 0 Å². The van der Waals surface area contributed by atoms with E-state index in [0.717, 1.165) is 10.7 Å². The molecule has 1 aromatic carbocycles. The second-order valence-corrected chi connectivity index (χ2v) is 6.69. The molecule has 0 aliphatic carbocycles. The van der Waals surface area contributed by atoms with E-state index in [2.05, 4.69) is 5.10 Å².